The smallest absolute Gasteiger partial charge is 0.305 e. The number of benzene rings is 2. The minimum Gasteiger partial charge on any atom is -0.481 e. The average molecular weight is 520 g/mol. The van der Waals surface area contributed by atoms with Crippen molar-refractivity contribution in [1.82, 2.24) is 10.6 Å². The van der Waals surface area contributed by atoms with Gasteiger partial charge in [0.25, 0.3) is 5.91 Å². The van der Waals surface area contributed by atoms with Crippen LogP contribution in [-0.4, -0.2) is 47.7 Å². The lowest BCUT2D eigenvalue weighted by atomic mass is 9.98. The molecule has 1 atom stereocenters. The fourth-order valence-electron chi connectivity index (χ4n) is 3.76. The summed E-state index contributed by atoms with van der Waals surface area (Å²) in [5.41, 5.74) is 1.63. The van der Waals surface area contributed by atoms with E-state index in [-0.39, 0.29) is 24.6 Å². The van der Waals surface area contributed by atoms with E-state index in [1.54, 1.807) is 30.3 Å². The molecule has 1 unspecified atom stereocenters. The molecule has 0 spiro atoms. The molecule has 0 saturated carbocycles. The van der Waals surface area contributed by atoms with Crippen LogP contribution in [0.3, 0.4) is 0 Å². The van der Waals surface area contributed by atoms with Crippen LogP contribution in [0.5, 0.6) is 0 Å². The van der Waals surface area contributed by atoms with Crippen LogP contribution in [0.2, 0.25) is 10.0 Å². The summed E-state index contributed by atoms with van der Waals surface area (Å²) >= 11 is 12.2. The number of hydrogen-bond acceptors (Lipinski definition) is 5. The number of aliphatic carboxylic acids is 1. The van der Waals surface area contributed by atoms with Gasteiger partial charge < -0.3 is 10.4 Å². The third-order valence-corrected chi connectivity index (χ3v) is 5.64. The van der Waals surface area contributed by atoms with Crippen LogP contribution >= 0.6 is 23.2 Å². The van der Waals surface area contributed by atoms with E-state index in [0.717, 1.165) is 5.56 Å². The summed E-state index contributed by atoms with van der Waals surface area (Å²) in [7, 11) is 0. The van der Waals surface area contributed by atoms with Crippen LogP contribution in [0.4, 0.5) is 0 Å². The number of hydrogen-bond donors (Lipinski definition) is 3. The quantitative estimate of drug-likeness (QED) is 0.260. The van der Waals surface area contributed by atoms with E-state index >= 15 is 0 Å². The van der Waals surface area contributed by atoms with E-state index in [0.29, 0.717) is 52.8 Å². The predicted octanol–water partition coefficient (Wildman–Crippen LogP) is 4.78. The molecule has 7 nitrogen and oxygen atoms in total. The van der Waals surface area contributed by atoms with Crippen molar-refractivity contribution in [3.8, 4) is 0 Å². The molecular weight excluding hydrogens is 489 g/mol. The van der Waals surface area contributed by atoms with Crippen LogP contribution in [0.15, 0.2) is 47.5 Å². The Kier molecular flexibility index (Phi) is 10.9. The Balaban J connectivity index is 2.07. The molecule has 2 rings (SSSR count). The second-order valence-corrected chi connectivity index (χ2v) is 9.79. The number of carbonyl (C=O) groups is 3. The normalized spacial score (nSPS) is 13.4. The molecule has 0 radical (unpaired) electrons. The van der Waals surface area contributed by atoms with Crippen molar-refractivity contribution >= 4 is 47.1 Å². The highest BCUT2D eigenvalue weighted by Gasteiger charge is 2.25. The van der Waals surface area contributed by atoms with Gasteiger partial charge in [0.1, 0.15) is 11.4 Å². The molecule has 3 N–H and O–H groups in total. The third kappa shape index (κ3) is 9.80. The van der Waals surface area contributed by atoms with E-state index in [4.69, 9.17) is 33.3 Å². The second kappa shape index (κ2) is 13.4. The number of carboxylic acids is 1. The van der Waals surface area contributed by atoms with Gasteiger partial charge in [0.15, 0.2) is 6.29 Å². The molecule has 2 aromatic rings. The molecule has 2 aromatic carbocycles. The summed E-state index contributed by atoms with van der Waals surface area (Å²) in [6, 6.07) is 12.1. The maximum absolute atomic E-state index is 12.1. The van der Waals surface area contributed by atoms with E-state index < -0.39 is 11.6 Å². The van der Waals surface area contributed by atoms with Crippen molar-refractivity contribution < 1.29 is 19.5 Å². The Morgan fingerprint density at radius 1 is 1.06 bits per heavy atom. The van der Waals surface area contributed by atoms with Crippen molar-refractivity contribution in [2.75, 3.05) is 13.1 Å². The highest BCUT2D eigenvalue weighted by atomic mass is 35.5. The van der Waals surface area contributed by atoms with Gasteiger partial charge >= 0.3 is 5.97 Å². The van der Waals surface area contributed by atoms with Crippen molar-refractivity contribution in [2.24, 2.45) is 10.9 Å². The van der Waals surface area contributed by atoms with Crippen molar-refractivity contribution in [3.05, 3.63) is 69.2 Å². The zero-order valence-corrected chi connectivity index (χ0v) is 21.6. The lowest BCUT2D eigenvalue weighted by molar-refractivity contribution is -0.136. The van der Waals surface area contributed by atoms with E-state index in [2.05, 4.69) is 24.5 Å². The first-order valence-corrected chi connectivity index (χ1v) is 12.1. The highest BCUT2D eigenvalue weighted by Crippen LogP contribution is 2.23. The van der Waals surface area contributed by atoms with Gasteiger partial charge in [0, 0.05) is 34.3 Å². The molecule has 0 bridgehead atoms. The molecule has 0 saturated heterocycles. The Morgan fingerprint density at radius 2 is 1.69 bits per heavy atom. The van der Waals surface area contributed by atoms with Gasteiger partial charge in [-0.25, -0.2) is 0 Å². The topological polar surface area (TPSA) is 108 Å². The second-order valence-electron chi connectivity index (χ2n) is 8.92. The Labute approximate surface area is 215 Å². The Morgan fingerprint density at radius 3 is 2.23 bits per heavy atom. The van der Waals surface area contributed by atoms with Gasteiger partial charge in [0.05, 0.1) is 6.42 Å². The van der Waals surface area contributed by atoms with Gasteiger partial charge in [-0.05, 0) is 61.6 Å². The standard InChI is InChI=1S/C26H31Cl2N3O4/c1-17(2)15-26(3,31-23(16-32)20-12-21(27)14-22(28)13-20)30-11-8-18-4-6-19(7-5-18)25(35)29-10-9-24(33)34/h4-7,12-14,16-17,30H,8-11,15H2,1-3H3,(H,29,35)(H,33,34). The summed E-state index contributed by atoms with van der Waals surface area (Å²) in [5.74, 6) is -0.943. The molecule has 9 heteroatoms. The zero-order chi connectivity index (χ0) is 26.0. The minimum absolute atomic E-state index is 0.0823. The van der Waals surface area contributed by atoms with Crippen molar-refractivity contribution in [3.63, 3.8) is 0 Å². The van der Waals surface area contributed by atoms with Crippen LogP contribution in [0.25, 0.3) is 0 Å². The summed E-state index contributed by atoms with van der Waals surface area (Å²) in [6.07, 6.45) is 1.98. The molecule has 0 aliphatic carbocycles. The number of aldehydes is 1. The van der Waals surface area contributed by atoms with Crippen LogP contribution in [0.1, 0.15) is 55.1 Å². The Hall–Kier alpha value is -2.74. The molecule has 1 amide bonds. The van der Waals surface area contributed by atoms with Gasteiger partial charge in [-0.1, -0.05) is 49.2 Å². The number of nitrogens with zero attached hydrogens (tertiary/aromatic N) is 1. The lowest BCUT2D eigenvalue weighted by Gasteiger charge is -2.29. The number of aliphatic imine (C=N–C) groups is 1. The van der Waals surface area contributed by atoms with E-state index in [1.807, 2.05) is 19.1 Å². The van der Waals surface area contributed by atoms with Crippen molar-refractivity contribution in [2.45, 2.75) is 45.7 Å². The fourth-order valence-corrected chi connectivity index (χ4v) is 4.29. The number of halogens is 2. The van der Waals surface area contributed by atoms with Crippen LogP contribution in [0, 0.1) is 5.92 Å². The molecular formula is C26H31Cl2N3O4. The van der Waals surface area contributed by atoms with Crippen LogP contribution in [-0.2, 0) is 16.0 Å². The summed E-state index contributed by atoms with van der Waals surface area (Å²) < 4.78 is 0. The predicted molar refractivity (Wildman–Crippen MR) is 140 cm³/mol. The number of carboxylic acid groups (broad SMARTS) is 1. The SMILES string of the molecule is CC(C)CC(C)(N=C(C=O)c1cc(Cl)cc(Cl)c1)NCCc1ccc(C(=O)NCCC(=O)O)cc1. The maximum atomic E-state index is 12.1. The number of nitrogens with one attached hydrogen (secondary N) is 2. The van der Waals surface area contributed by atoms with Crippen molar-refractivity contribution in [1.29, 1.82) is 0 Å². The van der Waals surface area contributed by atoms with Gasteiger partial charge in [-0.2, -0.15) is 0 Å². The molecule has 0 aromatic heterocycles. The highest BCUT2D eigenvalue weighted by molar-refractivity contribution is 6.39. The lowest BCUT2D eigenvalue weighted by Crippen LogP contribution is -2.43. The first kappa shape index (κ1) is 28.5. The Bertz CT molecular complexity index is 1050. The van der Waals surface area contributed by atoms with E-state index in [1.165, 1.54) is 0 Å². The summed E-state index contributed by atoms with van der Waals surface area (Å²) in [6.45, 7) is 6.81. The summed E-state index contributed by atoms with van der Waals surface area (Å²) in [5, 5.41) is 15.6. The third-order valence-electron chi connectivity index (χ3n) is 5.20. The van der Waals surface area contributed by atoms with Gasteiger partial charge in [-0.15, -0.1) is 0 Å². The number of carbonyl (C=O) groups excluding carboxylic acids is 2. The maximum Gasteiger partial charge on any atom is 0.305 e. The number of amides is 1. The van der Waals surface area contributed by atoms with Gasteiger partial charge in [-0.3, -0.25) is 24.7 Å². The molecule has 0 aliphatic heterocycles. The van der Waals surface area contributed by atoms with Crippen LogP contribution < -0.4 is 10.6 Å². The zero-order valence-electron chi connectivity index (χ0n) is 20.1. The minimum atomic E-state index is -0.960. The molecule has 188 valence electrons. The largest absolute Gasteiger partial charge is 0.481 e. The first-order chi connectivity index (χ1) is 16.5. The molecule has 0 fully saturated rings. The molecule has 0 aliphatic rings. The summed E-state index contributed by atoms with van der Waals surface area (Å²) in [4.78, 5) is 39.3. The van der Waals surface area contributed by atoms with Gasteiger partial charge in [0.2, 0.25) is 0 Å². The monoisotopic (exact) mass is 519 g/mol. The molecule has 35 heavy (non-hydrogen) atoms. The van der Waals surface area contributed by atoms with E-state index in [9.17, 15) is 14.4 Å². The fraction of sp³-hybridized carbons (Fsp3) is 0.385. The number of rotatable bonds is 13. The molecule has 0 heterocycles. The first-order valence-electron chi connectivity index (χ1n) is 11.4. The average Bonchev–Trinajstić information content (AvgIpc) is 2.76.